The molecule has 0 unspecified atom stereocenters. The van der Waals surface area contributed by atoms with E-state index in [1.54, 1.807) is 24.3 Å². The largest absolute Gasteiger partial charge is 0.269 e. The van der Waals surface area contributed by atoms with E-state index >= 15 is 0 Å². The fraction of sp³-hybridized carbons (Fsp3) is 0.192. The standard InChI is InChI=1S/C26H22N4O4/c31-29(32)22-11-9-18(10-12-22)17-20-7-4-8-24-25(20)27-28(26(24)19-5-2-1-3-6-19)21-13-15-23(16-14-21)30(33)34/h1-3,5-6,9-17,24,26H,4,7-8H2/b20-17-/t24-,26+/m1/s1. The van der Waals surface area contributed by atoms with Crippen molar-refractivity contribution in [2.24, 2.45) is 11.0 Å². The molecule has 0 N–H and O–H groups in total. The molecule has 0 saturated heterocycles. The van der Waals surface area contributed by atoms with Gasteiger partial charge in [0.15, 0.2) is 0 Å². The summed E-state index contributed by atoms with van der Waals surface area (Å²) in [6.07, 6.45) is 4.94. The van der Waals surface area contributed by atoms with E-state index in [0.717, 1.165) is 47.4 Å². The summed E-state index contributed by atoms with van der Waals surface area (Å²) in [4.78, 5) is 21.3. The average molecular weight is 454 g/mol. The Balaban J connectivity index is 1.55. The Hall–Kier alpha value is -4.33. The third kappa shape index (κ3) is 4.05. The van der Waals surface area contributed by atoms with Gasteiger partial charge in [0.05, 0.1) is 27.3 Å². The molecule has 1 aliphatic heterocycles. The van der Waals surface area contributed by atoms with Gasteiger partial charge in [-0.15, -0.1) is 0 Å². The van der Waals surface area contributed by atoms with Crippen LogP contribution >= 0.6 is 0 Å². The van der Waals surface area contributed by atoms with Gasteiger partial charge >= 0.3 is 0 Å². The molecule has 8 heteroatoms. The molecule has 170 valence electrons. The minimum Gasteiger partial charge on any atom is -0.258 e. The Bertz CT molecular complexity index is 1280. The maximum absolute atomic E-state index is 11.1. The van der Waals surface area contributed by atoms with Crippen molar-refractivity contribution in [1.82, 2.24) is 0 Å². The number of hydrogen-bond donors (Lipinski definition) is 0. The average Bonchev–Trinajstić information content (AvgIpc) is 3.25. The van der Waals surface area contributed by atoms with E-state index in [2.05, 4.69) is 18.2 Å². The van der Waals surface area contributed by atoms with Gasteiger partial charge in [0.25, 0.3) is 11.4 Å². The highest BCUT2D eigenvalue weighted by Crippen LogP contribution is 2.46. The topological polar surface area (TPSA) is 102 Å². The second-order valence-corrected chi connectivity index (χ2v) is 8.48. The first kappa shape index (κ1) is 21.5. The lowest BCUT2D eigenvalue weighted by molar-refractivity contribution is -0.385. The third-order valence-electron chi connectivity index (χ3n) is 6.41. The number of anilines is 1. The van der Waals surface area contributed by atoms with E-state index in [1.165, 1.54) is 24.3 Å². The van der Waals surface area contributed by atoms with Crippen molar-refractivity contribution in [2.45, 2.75) is 25.3 Å². The summed E-state index contributed by atoms with van der Waals surface area (Å²) in [6.45, 7) is 0. The molecule has 8 nitrogen and oxygen atoms in total. The monoisotopic (exact) mass is 454 g/mol. The second-order valence-electron chi connectivity index (χ2n) is 8.48. The van der Waals surface area contributed by atoms with E-state index in [1.807, 2.05) is 23.2 Å². The van der Waals surface area contributed by atoms with E-state index in [9.17, 15) is 20.2 Å². The van der Waals surface area contributed by atoms with Gasteiger partial charge in [0.1, 0.15) is 0 Å². The Morgan fingerprint density at radius 2 is 1.47 bits per heavy atom. The van der Waals surface area contributed by atoms with E-state index < -0.39 is 9.85 Å². The molecule has 0 bridgehead atoms. The SMILES string of the molecule is O=[N+]([O-])c1ccc(/C=C2/CCC[C@@H]3C2=NN(c2ccc([N+](=O)[O-])cc2)[C@H]3c2ccccc2)cc1. The van der Waals surface area contributed by atoms with Crippen LogP contribution in [-0.4, -0.2) is 15.6 Å². The highest BCUT2D eigenvalue weighted by molar-refractivity contribution is 6.08. The summed E-state index contributed by atoms with van der Waals surface area (Å²) in [6, 6.07) is 23.2. The molecular weight excluding hydrogens is 432 g/mol. The van der Waals surface area contributed by atoms with Gasteiger partial charge in [0.2, 0.25) is 0 Å². The van der Waals surface area contributed by atoms with Crippen molar-refractivity contribution in [1.29, 1.82) is 0 Å². The number of hydrazone groups is 1. The Morgan fingerprint density at radius 1 is 0.853 bits per heavy atom. The van der Waals surface area contributed by atoms with E-state index in [-0.39, 0.29) is 23.3 Å². The van der Waals surface area contributed by atoms with Crippen molar-refractivity contribution in [3.05, 3.63) is 116 Å². The molecule has 2 aliphatic rings. The zero-order valence-corrected chi connectivity index (χ0v) is 18.3. The first-order chi connectivity index (χ1) is 16.5. The molecule has 1 heterocycles. The first-order valence-electron chi connectivity index (χ1n) is 11.1. The molecular formula is C26H22N4O4. The minimum atomic E-state index is -0.404. The normalized spacial score (nSPS) is 20.6. The van der Waals surface area contributed by atoms with Crippen LogP contribution in [0.1, 0.15) is 36.4 Å². The summed E-state index contributed by atoms with van der Waals surface area (Å²) < 4.78 is 0. The number of non-ortho nitro benzene ring substituents is 2. The highest BCUT2D eigenvalue weighted by Gasteiger charge is 2.41. The predicted molar refractivity (Wildman–Crippen MR) is 131 cm³/mol. The zero-order chi connectivity index (χ0) is 23.7. The van der Waals surface area contributed by atoms with Crippen LogP contribution in [0.3, 0.4) is 0 Å². The number of nitro benzene ring substituents is 2. The minimum absolute atomic E-state index is 0.0155. The number of nitrogens with zero attached hydrogens (tertiary/aromatic N) is 4. The van der Waals surface area contributed by atoms with Crippen molar-refractivity contribution < 1.29 is 9.85 Å². The molecule has 2 atom stereocenters. The molecule has 1 fully saturated rings. The fourth-order valence-corrected chi connectivity index (χ4v) is 4.82. The van der Waals surface area contributed by atoms with Crippen molar-refractivity contribution in [2.75, 3.05) is 5.01 Å². The van der Waals surface area contributed by atoms with Crippen LogP contribution in [0, 0.1) is 26.1 Å². The highest BCUT2D eigenvalue weighted by atomic mass is 16.6. The number of fused-ring (bicyclic) bond motifs is 1. The van der Waals surface area contributed by atoms with Gasteiger partial charge in [-0.3, -0.25) is 25.2 Å². The van der Waals surface area contributed by atoms with E-state index in [4.69, 9.17) is 5.10 Å². The van der Waals surface area contributed by atoms with Gasteiger partial charge < -0.3 is 0 Å². The number of hydrogen-bond acceptors (Lipinski definition) is 6. The number of rotatable bonds is 5. The molecule has 0 aromatic heterocycles. The molecule has 1 aliphatic carbocycles. The Morgan fingerprint density at radius 3 is 2.09 bits per heavy atom. The first-order valence-corrected chi connectivity index (χ1v) is 11.1. The molecule has 1 saturated carbocycles. The summed E-state index contributed by atoms with van der Waals surface area (Å²) in [5.74, 6) is 0.177. The lowest BCUT2D eigenvalue weighted by Crippen LogP contribution is -2.28. The second kappa shape index (κ2) is 8.90. The number of nitro groups is 2. The van der Waals surface area contributed by atoms with Gasteiger partial charge in [-0.1, -0.05) is 30.3 Å². The van der Waals surface area contributed by atoms with E-state index in [0.29, 0.717) is 0 Å². The lowest BCUT2D eigenvalue weighted by atomic mass is 9.77. The summed E-state index contributed by atoms with van der Waals surface area (Å²) in [5.41, 5.74) is 5.08. The molecule has 3 aromatic carbocycles. The molecule has 0 spiro atoms. The van der Waals surface area contributed by atoms with Gasteiger partial charge in [-0.25, -0.2) is 0 Å². The lowest BCUT2D eigenvalue weighted by Gasteiger charge is -2.30. The quantitative estimate of drug-likeness (QED) is 0.332. The maximum atomic E-state index is 11.1. The van der Waals surface area contributed by atoms with Gasteiger partial charge in [0, 0.05) is 30.2 Å². The summed E-state index contributed by atoms with van der Waals surface area (Å²) >= 11 is 0. The molecule has 0 amide bonds. The fourth-order valence-electron chi connectivity index (χ4n) is 4.82. The predicted octanol–water partition coefficient (Wildman–Crippen LogP) is 6.30. The van der Waals surface area contributed by atoms with Crippen molar-refractivity contribution in [3.8, 4) is 0 Å². The molecule has 0 radical (unpaired) electrons. The van der Waals surface area contributed by atoms with Crippen molar-refractivity contribution in [3.63, 3.8) is 0 Å². The summed E-state index contributed by atoms with van der Waals surface area (Å²) in [7, 11) is 0. The third-order valence-corrected chi connectivity index (χ3v) is 6.41. The number of allylic oxidation sites excluding steroid dienone is 1. The molecule has 3 aromatic rings. The summed E-state index contributed by atoms with van der Waals surface area (Å²) in [5, 5.41) is 29.1. The van der Waals surface area contributed by atoms with Gasteiger partial charge in [-0.2, -0.15) is 5.10 Å². The molecule has 34 heavy (non-hydrogen) atoms. The Labute approximate surface area is 196 Å². The zero-order valence-electron chi connectivity index (χ0n) is 18.3. The van der Waals surface area contributed by atoms with Crippen LogP contribution in [0.25, 0.3) is 6.08 Å². The van der Waals surface area contributed by atoms with Crippen LogP contribution in [0.15, 0.2) is 89.5 Å². The van der Waals surface area contributed by atoms with Crippen molar-refractivity contribution >= 4 is 28.8 Å². The van der Waals surface area contributed by atoms with Crippen LogP contribution in [0.4, 0.5) is 17.1 Å². The maximum Gasteiger partial charge on any atom is 0.269 e. The Kier molecular flexibility index (Phi) is 5.63. The van der Waals surface area contributed by atoms with Crippen LogP contribution in [-0.2, 0) is 0 Å². The van der Waals surface area contributed by atoms with Gasteiger partial charge in [-0.05, 0) is 66.3 Å². The van der Waals surface area contributed by atoms with Crippen LogP contribution in [0.5, 0.6) is 0 Å². The smallest absolute Gasteiger partial charge is 0.258 e. The van der Waals surface area contributed by atoms with Crippen LogP contribution < -0.4 is 5.01 Å². The molecule has 5 rings (SSSR count). The number of benzene rings is 3. The van der Waals surface area contributed by atoms with Crippen LogP contribution in [0.2, 0.25) is 0 Å².